The van der Waals surface area contributed by atoms with Gasteiger partial charge >= 0.3 is 0 Å². The average molecular weight is 339 g/mol. The minimum absolute atomic E-state index is 0.108. The van der Waals surface area contributed by atoms with Crippen LogP contribution in [0.5, 0.6) is 0 Å². The number of hydrogen-bond acceptors (Lipinski definition) is 1. The van der Waals surface area contributed by atoms with E-state index in [0.717, 1.165) is 15.6 Å². The van der Waals surface area contributed by atoms with Crippen molar-refractivity contribution in [1.29, 1.82) is 0 Å². The molecule has 2 nitrogen and oxygen atoms in total. The van der Waals surface area contributed by atoms with Gasteiger partial charge in [0.15, 0.2) is 0 Å². The highest BCUT2D eigenvalue weighted by atomic mass is 79.9. The number of carbonyl (C=O) groups is 1. The van der Waals surface area contributed by atoms with Crippen LogP contribution in [0.25, 0.3) is 0 Å². The Bertz CT molecular complexity index is 596. The number of carbonyl (C=O) groups excluding carboxylic acids is 1. The summed E-state index contributed by atoms with van der Waals surface area (Å²) in [6, 6.07) is 13.2. The van der Waals surface area contributed by atoms with E-state index in [1.807, 2.05) is 31.2 Å². The molecule has 4 heteroatoms. The number of amides is 1. The van der Waals surface area contributed by atoms with E-state index in [1.165, 1.54) is 0 Å². The van der Waals surface area contributed by atoms with Gasteiger partial charge in [-0.05, 0) is 42.3 Å². The van der Waals surface area contributed by atoms with Crippen molar-refractivity contribution >= 4 is 33.4 Å². The number of nitrogens with one attached hydrogen (secondary N) is 1. The van der Waals surface area contributed by atoms with Gasteiger partial charge in [-0.3, -0.25) is 4.79 Å². The molecule has 0 heterocycles. The maximum Gasteiger partial charge on any atom is 0.251 e. The van der Waals surface area contributed by atoms with Crippen LogP contribution in [0.3, 0.4) is 0 Å². The van der Waals surface area contributed by atoms with Gasteiger partial charge in [0.05, 0.1) is 0 Å². The third-order valence-corrected chi connectivity index (χ3v) is 3.82. The Hall–Kier alpha value is -1.32. The Labute approximate surface area is 125 Å². The Kier molecular flexibility index (Phi) is 4.61. The highest BCUT2D eigenvalue weighted by molar-refractivity contribution is 9.10. The summed E-state index contributed by atoms with van der Waals surface area (Å²) in [5.74, 6) is -0.108. The van der Waals surface area contributed by atoms with Gasteiger partial charge in [0, 0.05) is 21.6 Å². The van der Waals surface area contributed by atoms with E-state index in [4.69, 9.17) is 11.6 Å². The fourth-order valence-electron chi connectivity index (χ4n) is 1.73. The largest absolute Gasteiger partial charge is 0.348 e. The van der Waals surface area contributed by atoms with Gasteiger partial charge < -0.3 is 5.32 Å². The molecule has 1 N–H and O–H groups in total. The molecular formula is C15H13BrClNO. The molecule has 1 amide bonds. The quantitative estimate of drug-likeness (QED) is 0.886. The predicted octanol–water partition coefficient (Wildman–Crippen LogP) is 4.34. The zero-order chi connectivity index (χ0) is 13.8. The van der Waals surface area contributed by atoms with Crippen LogP contribution in [-0.4, -0.2) is 5.91 Å². The van der Waals surface area contributed by atoms with E-state index in [1.54, 1.807) is 18.2 Å². The Morgan fingerprint density at radius 1 is 1.21 bits per heavy atom. The van der Waals surface area contributed by atoms with Crippen LogP contribution in [-0.2, 0) is 6.54 Å². The van der Waals surface area contributed by atoms with Crippen LogP contribution in [0.4, 0.5) is 0 Å². The molecule has 0 aliphatic heterocycles. The molecular weight excluding hydrogens is 326 g/mol. The van der Waals surface area contributed by atoms with Crippen LogP contribution in [0.2, 0.25) is 5.02 Å². The lowest BCUT2D eigenvalue weighted by Crippen LogP contribution is -2.23. The van der Waals surface area contributed by atoms with Gasteiger partial charge in [0.25, 0.3) is 5.91 Å². The number of hydrogen-bond donors (Lipinski definition) is 1. The second kappa shape index (κ2) is 6.22. The van der Waals surface area contributed by atoms with Crippen molar-refractivity contribution in [2.75, 3.05) is 0 Å². The van der Waals surface area contributed by atoms with Crippen molar-refractivity contribution < 1.29 is 4.79 Å². The molecule has 0 aliphatic rings. The first-order valence-corrected chi connectivity index (χ1v) is 7.03. The number of halogens is 2. The monoisotopic (exact) mass is 337 g/mol. The van der Waals surface area contributed by atoms with Gasteiger partial charge in [0.1, 0.15) is 0 Å². The molecule has 0 spiro atoms. The molecule has 19 heavy (non-hydrogen) atoms. The molecule has 0 aliphatic carbocycles. The Balaban J connectivity index is 2.05. The standard InChI is InChI=1S/C15H13BrClNO/c1-10-13(3-2-4-14(10)17)15(19)18-9-11-5-7-12(16)8-6-11/h2-8H,9H2,1H3,(H,18,19). The summed E-state index contributed by atoms with van der Waals surface area (Å²) in [6.07, 6.45) is 0. The normalized spacial score (nSPS) is 10.3. The summed E-state index contributed by atoms with van der Waals surface area (Å²) in [4.78, 5) is 12.1. The molecule has 0 bridgehead atoms. The Morgan fingerprint density at radius 2 is 1.89 bits per heavy atom. The first kappa shape index (κ1) is 14.1. The van der Waals surface area contributed by atoms with Crippen molar-refractivity contribution in [3.8, 4) is 0 Å². The summed E-state index contributed by atoms with van der Waals surface area (Å²) in [5.41, 5.74) is 2.47. The topological polar surface area (TPSA) is 29.1 Å². The van der Waals surface area contributed by atoms with Gasteiger partial charge in [0.2, 0.25) is 0 Å². The Morgan fingerprint density at radius 3 is 2.58 bits per heavy atom. The molecule has 0 radical (unpaired) electrons. The van der Waals surface area contributed by atoms with E-state index in [9.17, 15) is 4.79 Å². The van der Waals surface area contributed by atoms with Gasteiger partial charge in [-0.25, -0.2) is 0 Å². The fraction of sp³-hybridized carbons (Fsp3) is 0.133. The first-order valence-electron chi connectivity index (χ1n) is 5.85. The molecule has 2 aromatic rings. The molecule has 0 atom stereocenters. The van der Waals surface area contributed by atoms with Crippen molar-refractivity contribution in [1.82, 2.24) is 5.32 Å². The highest BCUT2D eigenvalue weighted by Gasteiger charge is 2.10. The maximum atomic E-state index is 12.1. The summed E-state index contributed by atoms with van der Waals surface area (Å²) in [5, 5.41) is 3.50. The van der Waals surface area contributed by atoms with Crippen molar-refractivity contribution in [3.05, 3.63) is 68.7 Å². The molecule has 98 valence electrons. The van der Waals surface area contributed by atoms with Crippen LogP contribution in [0.1, 0.15) is 21.5 Å². The lowest BCUT2D eigenvalue weighted by molar-refractivity contribution is 0.0950. The summed E-state index contributed by atoms with van der Waals surface area (Å²) in [7, 11) is 0. The molecule has 0 aromatic heterocycles. The second-order valence-corrected chi connectivity index (χ2v) is 5.54. The van der Waals surface area contributed by atoms with E-state index in [0.29, 0.717) is 17.1 Å². The van der Waals surface area contributed by atoms with E-state index < -0.39 is 0 Å². The highest BCUT2D eigenvalue weighted by Crippen LogP contribution is 2.18. The van der Waals surface area contributed by atoms with E-state index >= 15 is 0 Å². The fourth-order valence-corrected chi connectivity index (χ4v) is 2.17. The van der Waals surface area contributed by atoms with Crippen molar-refractivity contribution in [3.63, 3.8) is 0 Å². The zero-order valence-corrected chi connectivity index (χ0v) is 12.8. The van der Waals surface area contributed by atoms with Crippen LogP contribution in [0.15, 0.2) is 46.9 Å². The minimum Gasteiger partial charge on any atom is -0.348 e. The van der Waals surface area contributed by atoms with Crippen molar-refractivity contribution in [2.45, 2.75) is 13.5 Å². The van der Waals surface area contributed by atoms with Crippen LogP contribution >= 0.6 is 27.5 Å². The lowest BCUT2D eigenvalue weighted by atomic mass is 10.1. The molecule has 2 rings (SSSR count). The summed E-state index contributed by atoms with van der Waals surface area (Å²) < 4.78 is 1.02. The van der Waals surface area contributed by atoms with Crippen LogP contribution < -0.4 is 5.32 Å². The molecule has 0 unspecified atom stereocenters. The minimum atomic E-state index is -0.108. The smallest absolute Gasteiger partial charge is 0.251 e. The van der Waals surface area contributed by atoms with E-state index in [-0.39, 0.29) is 5.91 Å². The van der Waals surface area contributed by atoms with Crippen molar-refractivity contribution in [2.24, 2.45) is 0 Å². The SMILES string of the molecule is Cc1c(Cl)cccc1C(=O)NCc1ccc(Br)cc1. The summed E-state index contributed by atoms with van der Waals surface area (Å²) >= 11 is 9.38. The summed E-state index contributed by atoms with van der Waals surface area (Å²) in [6.45, 7) is 2.34. The van der Waals surface area contributed by atoms with E-state index in [2.05, 4.69) is 21.2 Å². The molecule has 0 saturated carbocycles. The van der Waals surface area contributed by atoms with Crippen LogP contribution in [0, 0.1) is 6.92 Å². The van der Waals surface area contributed by atoms with Gasteiger partial charge in [-0.15, -0.1) is 0 Å². The molecule has 0 saturated heterocycles. The molecule has 0 fully saturated rings. The lowest BCUT2D eigenvalue weighted by Gasteiger charge is -2.09. The zero-order valence-electron chi connectivity index (χ0n) is 10.4. The average Bonchev–Trinajstić information content (AvgIpc) is 2.41. The third kappa shape index (κ3) is 3.58. The number of benzene rings is 2. The first-order chi connectivity index (χ1) is 9.08. The van der Waals surface area contributed by atoms with Gasteiger partial charge in [-0.2, -0.15) is 0 Å². The van der Waals surface area contributed by atoms with Gasteiger partial charge in [-0.1, -0.05) is 45.7 Å². The second-order valence-electron chi connectivity index (χ2n) is 4.22. The third-order valence-electron chi connectivity index (χ3n) is 2.88. The predicted molar refractivity (Wildman–Crippen MR) is 81.5 cm³/mol. The molecule has 2 aromatic carbocycles. The number of rotatable bonds is 3. The maximum absolute atomic E-state index is 12.1.